The van der Waals surface area contributed by atoms with Crippen molar-refractivity contribution >= 4 is 57.5 Å². The van der Waals surface area contributed by atoms with Crippen LogP contribution in [0.15, 0.2) is 53.6 Å². The molecule has 1 heterocycles. The molecule has 2 aromatic carbocycles. The van der Waals surface area contributed by atoms with Gasteiger partial charge in [0.1, 0.15) is 0 Å². The zero-order valence-electron chi connectivity index (χ0n) is 16.1. The summed E-state index contributed by atoms with van der Waals surface area (Å²) in [7, 11) is 0. The molecule has 4 rings (SSSR count). The third-order valence-electron chi connectivity index (χ3n) is 4.64. The number of nitro benzene ring substituents is 1. The minimum absolute atomic E-state index is 0.0301. The van der Waals surface area contributed by atoms with Gasteiger partial charge in [-0.3, -0.25) is 19.7 Å². The molecule has 1 aliphatic carbocycles. The van der Waals surface area contributed by atoms with Gasteiger partial charge in [0, 0.05) is 23.6 Å². The molecule has 0 radical (unpaired) electrons. The summed E-state index contributed by atoms with van der Waals surface area (Å²) in [4.78, 5) is 39.8. The Morgan fingerprint density at radius 2 is 1.97 bits per heavy atom. The predicted molar refractivity (Wildman–Crippen MR) is 120 cm³/mol. The normalized spacial score (nSPS) is 13.1. The van der Waals surface area contributed by atoms with Crippen LogP contribution >= 0.6 is 23.4 Å². The van der Waals surface area contributed by atoms with Crippen LogP contribution in [0.2, 0.25) is 5.02 Å². The maximum absolute atomic E-state index is 12.7. The van der Waals surface area contributed by atoms with Gasteiger partial charge in [0.05, 0.1) is 37.5 Å². The number of pyridine rings is 1. The van der Waals surface area contributed by atoms with E-state index in [0.29, 0.717) is 16.1 Å². The lowest BCUT2D eigenvalue weighted by Gasteiger charge is -2.10. The van der Waals surface area contributed by atoms with Crippen LogP contribution < -0.4 is 10.6 Å². The molecule has 0 saturated heterocycles. The molecule has 2 N–H and O–H groups in total. The van der Waals surface area contributed by atoms with E-state index in [1.807, 2.05) is 24.3 Å². The number of benzene rings is 2. The summed E-state index contributed by atoms with van der Waals surface area (Å²) < 4.78 is 0. The summed E-state index contributed by atoms with van der Waals surface area (Å²) in [5.41, 5.74) is 1.33. The number of nitrogens with zero attached hydrogens (tertiary/aromatic N) is 2. The molecule has 3 aromatic rings. The largest absolute Gasteiger partial charge is 0.349 e. The molecule has 0 spiro atoms. The van der Waals surface area contributed by atoms with Crippen molar-refractivity contribution in [1.82, 2.24) is 10.3 Å². The first-order valence-electron chi connectivity index (χ1n) is 9.48. The maximum atomic E-state index is 12.7. The van der Waals surface area contributed by atoms with Gasteiger partial charge in [-0.15, -0.1) is 0 Å². The Morgan fingerprint density at radius 3 is 2.68 bits per heavy atom. The molecule has 31 heavy (non-hydrogen) atoms. The lowest BCUT2D eigenvalue weighted by molar-refractivity contribution is -0.384. The number of thioether (sulfide) groups is 1. The van der Waals surface area contributed by atoms with Gasteiger partial charge < -0.3 is 10.6 Å². The van der Waals surface area contributed by atoms with Gasteiger partial charge in [-0.25, -0.2) is 4.98 Å². The minimum atomic E-state index is -0.560. The Bertz CT molecular complexity index is 1200. The second-order valence-corrected chi connectivity index (χ2v) is 8.43. The number of carbonyl (C=O) groups is 2. The molecule has 158 valence electrons. The molecule has 1 aromatic heterocycles. The first kappa shape index (κ1) is 21.1. The first-order valence-corrected chi connectivity index (χ1v) is 10.8. The summed E-state index contributed by atoms with van der Waals surface area (Å²) in [6.07, 6.45) is 1.98. The Kier molecular flexibility index (Phi) is 6.06. The van der Waals surface area contributed by atoms with E-state index in [1.54, 1.807) is 6.07 Å². The maximum Gasteiger partial charge on any atom is 0.271 e. The lowest BCUT2D eigenvalue weighted by Crippen LogP contribution is -2.25. The Balaban J connectivity index is 1.47. The molecule has 0 aliphatic heterocycles. The van der Waals surface area contributed by atoms with Crippen molar-refractivity contribution < 1.29 is 14.5 Å². The summed E-state index contributed by atoms with van der Waals surface area (Å²) in [5.74, 6) is -0.465. The van der Waals surface area contributed by atoms with E-state index >= 15 is 0 Å². The lowest BCUT2D eigenvalue weighted by atomic mass is 10.1. The van der Waals surface area contributed by atoms with Crippen LogP contribution in [-0.4, -0.2) is 33.5 Å². The first-order chi connectivity index (χ1) is 14.9. The Hall–Kier alpha value is -3.17. The highest BCUT2D eigenvalue weighted by molar-refractivity contribution is 7.99. The zero-order chi connectivity index (χ0) is 22.0. The molecule has 0 unspecified atom stereocenters. The summed E-state index contributed by atoms with van der Waals surface area (Å²) >= 11 is 7.21. The van der Waals surface area contributed by atoms with E-state index in [4.69, 9.17) is 11.6 Å². The number of hydrogen-bond donors (Lipinski definition) is 2. The van der Waals surface area contributed by atoms with Crippen molar-refractivity contribution in [3.63, 3.8) is 0 Å². The van der Waals surface area contributed by atoms with Crippen LogP contribution in [0.1, 0.15) is 23.2 Å². The van der Waals surface area contributed by atoms with E-state index in [0.717, 1.165) is 18.2 Å². The van der Waals surface area contributed by atoms with Crippen molar-refractivity contribution in [3.05, 3.63) is 69.2 Å². The monoisotopic (exact) mass is 456 g/mol. The molecule has 0 atom stereocenters. The van der Waals surface area contributed by atoms with Gasteiger partial charge in [-0.1, -0.05) is 41.6 Å². The van der Waals surface area contributed by atoms with Crippen molar-refractivity contribution in [3.8, 4) is 0 Å². The molecular formula is C21H17ClN4O4S. The fourth-order valence-corrected chi connectivity index (χ4v) is 3.89. The SMILES string of the molecule is O=C(CSc1cc(C(=O)NC2CC2)c2ccccc2n1)Nc1ccc([N+](=O)[O-])cc1Cl. The van der Waals surface area contributed by atoms with Crippen LogP contribution in [0, 0.1) is 10.1 Å². The number of hydrogen-bond acceptors (Lipinski definition) is 6. The van der Waals surface area contributed by atoms with E-state index in [2.05, 4.69) is 15.6 Å². The van der Waals surface area contributed by atoms with Crippen LogP contribution in [0.5, 0.6) is 0 Å². The highest BCUT2D eigenvalue weighted by atomic mass is 35.5. The van der Waals surface area contributed by atoms with E-state index < -0.39 is 4.92 Å². The van der Waals surface area contributed by atoms with Crippen molar-refractivity contribution in [1.29, 1.82) is 0 Å². The number of carbonyl (C=O) groups excluding carboxylic acids is 2. The summed E-state index contributed by atoms with van der Waals surface area (Å²) in [5, 5.41) is 17.8. The number of non-ortho nitro benzene ring substituents is 1. The van der Waals surface area contributed by atoms with Crippen molar-refractivity contribution in [2.24, 2.45) is 0 Å². The van der Waals surface area contributed by atoms with Crippen molar-refractivity contribution in [2.75, 3.05) is 11.1 Å². The predicted octanol–water partition coefficient (Wildman–Crippen LogP) is 4.42. The minimum Gasteiger partial charge on any atom is -0.349 e. The zero-order valence-corrected chi connectivity index (χ0v) is 17.7. The number of amides is 2. The summed E-state index contributed by atoms with van der Waals surface area (Å²) in [6, 6.07) is 13.1. The molecule has 1 saturated carbocycles. The van der Waals surface area contributed by atoms with Gasteiger partial charge in [0.25, 0.3) is 11.6 Å². The highest BCUT2D eigenvalue weighted by Gasteiger charge is 2.25. The van der Waals surface area contributed by atoms with Crippen LogP contribution in [0.3, 0.4) is 0 Å². The van der Waals surface area contributed by atoms with E-state index in [1.165, 1.54) is 30.0 Å². The topological polar surface area (TPSA) is 114 Å². The van der Waals surface area contributed by atoms with Crippen molar-refractivity contribution in [2.45, 2.75) is 23.9 Å². The quantitative estimate of drug-likeness (QED) is 0.309. The molecular weight excluding hydrogens is 440 g/mol. The average Bonchev–Trinajstić information content (AvgIpc) is 3.57. The Morgan fingerprint density at radius 1 is 1.19 bits per heavy atom. The number of halogens is 1. The fraction of sp³-hybridized carbons (Fsp3) is 0.190. The Labute approximate surface area is 186 Å². The number of aromatic nitrogens is 1. The molecule has 1 aliphatic rings. The molecule has 8 nitrogen and oxygen atoms in total. The molecule has 2 amide bonds. The second kappa shape index (κ2) is 8.91. The number of anilines is 1. The van der Waals surface area contributed by atoms with Gasteiger partial charge in [-0.05, 0) is 31.0 Å². The third-order valence-corrected chi connectivity index (χ3v) is 5.86. The standard InChI is InChI=1S/C21H17ClN4O4S/c22-16-9-13(26(29)30)7-8-18(16)24-19(27)11-31-20-10-15(21(28)23-12-5-6-12)14-3-1-2-4-17(14)25-20/h1-4,7-10,12H,5-6,11H2,(H,23,28)(H,24,27). The smallest absolute Gasteiger partial charge is 0.271 e. The third kappa shape index (κ3) is 5.12. The van der Waals surface area contributed by atoms with Gasteiger partial charge in [0.2, 0.25) is 5.91 Å². The van der Waals surface area contributed by atoms with E-state index in [9.17, 15) is 19.7 Å². The van der Waals surface area contributed by atoms with E-state index in [-0.39, 0.29) is 40.0 Å². The van der Waals surface area contributed by atoms with Gasteiger partial charge in [0.15, 0.2) is 0 Å². The number of rotatable bonds is 7. The average molecular weight is 457 g/mol. The van der Waals surface area contributed by atoms with Crippen LogP contribution in [0.4, 0.5) is 11.4 Å². The molecule has 10 heteroatoms. The number of fused-ring (bicyclic) bond motifs is 1. The fourth-order valence-electron chi connectivity index (χ4n) is 2.95. The van der Waals surface area contributed by atoms with Gasteiger partial charge in [-0.2, -0.15) is 0 Å². The second-order valence-electron chi connectivity index (χ2n) is 7.03. The van der Waals surface area contributed by atoms with Gasteiger partial charge >= 0.3 is 0 Å². The number of para-hydroxylation sites is 1. The molecule has 0 bridgehead atoms. The summed E-state index contributed by atoms with van der Waals surface area (Å²) in [6.45, 7) is 0. The number of nitrogens with one attached hydrogen (secondary N) is 2. The highest BCUT2D eigenvalue weighted by Crippen LogP contribution is 2.28. The van der Waals surface area contributed by atoms with Crippen LogP contribution in [0.25, 0.3) is 10.9 Å². The van der Waals surface area contributed by atoms with Crippen LogP contribution in [-0.2, 0) is 4.79 Å². The molecule has 1 fully saturated rings. The number of nitro groups is 1.